The molecule has 2 aliphatic heterocycles. The first kappa shape index (κ1) is 22.8. The minimum absolute atomic E-state index is 0.0935. The van der Waals surface area contributed by atoms with Gasteiger partial charge in [-0.2, -0.15) is 8.42 Å². The molecule has 1 aromatic carbocycles. The second-order valence-corrected chi connectivity index (χ2v) is 11.5. The number of hydrogen-bond donors (Lipinski definition) is 0. The van der Waals surface area contributed by atoms with Crippen molar-refractivity contribution in [3.05, 3.63) is 35.9 Å². The van der Waals surface area contributed by atoms with E-state index in [2.05, 4.69) is 0 Å². The number of esters is 2. The maximum Gasteiger partial charge on any atom is 0.320 e. The third-order valence-electron chi connectivity index (χ3n) is 7.35. The molecule has 2 aliphatic carbocycles. The SMILES string of the molecule is CC(C)(OC(=O)C1C2CC3C(OS(=O)(=O)C31)C2OC(=O)CN1CCOCC1)c1ccccc1. The summed E-state index contributed by atoms with van der Waals surface area (Å²) in [6.45, 7) is 6.01. The van der Waals surface area contributed by atoms with Crippen LogP contribution < -0.4 is 0 Å². The zero-order valence-electron chi connectivity index (χ0n) is 18.7. The van der Waals surface area contributed by atoms with Gasteiger partial charge in [-0.15, -0.1) is 0 Å². The molecular formula is C23H29NO8S. The molecule has 2 saturated heterocycles. The first-order chi connectivity index (χ1) is 15.7. The smallest absolute Gasteiger partial charge is 0.320 e. The lowest BCUT2D eigenvalue weighted by Gasteiger charge is -2.34. The second-order valence-electron chi connectivity index (χ2n) is 9.75. The van der Waals surface area contributed by atoms with Gasteiger partial charge in [-0.1, -0.05) is 30.3 Å². The van der Waals surface area contributed by atoms with Crippen molar-refractivity contribution in [1.82, 2.24) is 4.90 Å². The van der Waals surface area contributed by atoms with Crippen molar-refractivity contribution in [2.45, 2.75) is 43.3 Å². The molecule has 6 atom stereocenters. The van der Waals surface area contributed by atoms with E-state index in [0.29, 0.717) is 32.7 Å². The molecule has 5 rings (SSSR count). The first-order valence-corrected chi connectivity index (χ1v) is 12.8. The largest absolute Gasteiger partial charge is 0.458 e. The van der Waals surface area contributed by atoms with Crippen LogP contribution in [0, 0.1) is 17.8 Å². The summed E-state index contributed by atoms with van der Waals surface area (Å²) in [6, 6.07) is 9.29. The lowest BCUT2D eigenvalue weighted by Crippen LogP contribution is -2.48. The highest BCUT2D eigenvalue weighted by molar-refractivity contribution is 7.87. The van der Waals surface area contributed by atoms with E-state index in [4.69, 9.17) is 18.4 Å². The van der Waals surface area contributed by atoms with Crippen molar-refractivity contribution in [2.75, 3.05) is 32.8 Å². The van der Waals surface area contributed by atoms with Gasteiger partial charge in [0.05, 0.1) is 25.7 Å². The van der Waals surface area contributed by atoms with Gasteiger partial charge in [0, 0.05) is 24.9 Å². The molecular weight excluding hydrogens is 450 g/mol. The van der Waals surface area contributed by atoms with Crippen LogP contribution in [-0.2, 0) is 43.7 Å². The molecule has 0 radical (unpaired) electrons. The van der Waals surface area contributed by atoms with Gasteiger partial charge >= 0.3 is 11.9 Å². The van der Waals surface area contributed by atoms with Crippen LogP contribution in [0.4, 0.5) is 0 Å². The van der Waals surface area contributed by atoms with Crippen LogP contribution in [0.3, 0.4) is 0 Å². The Bertz CT molecular complexity index is 1020. The van der Waals surface area contributed by atoms with Crippen LogP contribution in [0.2, 0.25) is 0 Å². The van der Waals surface area contributed by atoms with Gasteiger partial charge in [0.1, 0.15) is 23.1 Å². The monoisotopic (exact) mass is 479 g/mol. The van der Waals surface area contributed by atoms with E-state index in [-0.39, 0.29) is 12.5 Å². The number of nitrogens with zero attached hydrogens (tertiary/aromatic N) is 1. The summed E-state index contributed by atoms with van der Waals surface area (Å²) in [5.74, 6) is -2.80. The van der Waals surface area contributed by atoms with Crippen molar-refractivity contribution in [3.63, 3.8) is 0 Å². The third kappa shape index (κ3) is 4.07. The van der Waals surface area contributed by atoms with E-state index >= 15 is 0 Å². The number of rotatable bonds is 6. The maximum atomic E-state index is 13.3. The Balaban J connectivity index is 1.33. The minimum Gasteiger partial charge on any atom is -0.458 e. The Kier molecular flexibility index (Phi) is 5.75. The summed E-state index contributed by atoms with van der Waals surface area (Å²) in [5.41, 5.74) is -0.135. The fourth-order valence-corrected chi connectivity index (χ4v) is 7.86. The first-order valence-electron chi connectivity index (χ1n) is 11.4. The summed E-state index contributed by atoms with van der Waals surface area (Å²) in [6.07, 6.45) is -1.06. The van der Waals surface area contributed by atoms with Gasteiger partial charge in [0.15, 0.2) is 0 Å². The van der Waals surface area contributed by atoms with Crippen molar-refractivity contribution >= 4 is 22.1 Å². The molecule has 2 heterocycles. The quantitative estimate of drug-likeness (QED) is 0.437. The number of benzene rings is 1. The van der Waals surface area contributed by atoms with E-state index in [1.807, 2.05) is 35.2 Å². The fraction of sp³-hybridized carbons (Fsp3) is 0.652. The molecule has 2 saturated carbocycles. The van der Waals surface area contributed by atoms with Crippen LogP contribution in [0.1, 0.15) is 25.8 Å². The van der Waals surface area contributed by atoms with Gasteiger partial charge in [-0.25, -0.2) is 0 Å². The van der Waals surface area contributed by atoms with E-state index in [0.717, 1.165) is 5.56 Å². The van der Waals surface area contributed by atoms with Gasteiger partial charge in [-0.3, -0.25) is 18.7 Å². The maximum absolute atomic E-state index is 13.3. The number of carbonyl (C=O) groups excluding carboxylic acids is 2. The molecule has 0 spiro atoms. The molecule has 6 unspecified atom stereocenters. The van der Waals surface area contributed by atoms with Crippen LogP contribution in [0.25, 0.3) is 0 Å². The number of morpholine rings is 1. The van der Waals surface area contributed by atoms with Crippen molar-refractivity contribution in [1.29, 1.82) is 0 Å². The zero-order chi connectivity index (χ0) is 23.4. The predicted molar refractivity (Wildman–Crippen MR) is 115 cm³/mol. The standard InChI is InChI=1S/C23H29NO8S/c1-23(2,14-6-4-3-5-7-14)31-22(26)18-15-12-16-20(32-33(27,28)21(16)18)19(15)30-17(25)13-24-8-10-29-11-9-24/h3-7,15-16,18-21H,8-13H2,1-2H3. The minimum atomic E-state index is -3.96. The zero-order valence-corrected chi connectivity index (χ0v) is 19.5. The molecule has 180 valence electrons. The Morgan fingerprint density at radius 3 is 2.52 bits per heavy atom. The average molecular weight is 480 g/mol. The topological polar surface area (TPSA) is 108 Å². The summed E-state index contributed by atoms with van der Waals surface area (Å²) in [4.78, 5) is 27.9. The third-order valence-corrected chi connectivity index (χ3v) is 9.15. The summed E-state index contributed by atoms with van der Waals surface area (Å²) >= 11 is 0. The summed E-state index contributed by atoms with van der Waals surface area (Å²) < 4.78 is 47.9. The normalized spacial score (nSPS) is 34.8. The summed E-state index contributed by atoms with van der Waals surface area (Å²) in [5, 5.41) is -0.958. The molecule has 33 heavy (non-hydrogen) atoms. The second kappa shape index (κ2) is 8.33. The van der Waals surface area contributed by atoms with Crippen molar-refractivity contribution in [2.24, 2.45) is 17.8 Å². The lowest BCUT2D eigenvalue weighted by molar-refractivity contribution is -0.172. The summed E-state index contributed by atoms with van der Waals surface area (Å²) in [7, 11) is -3.96. The van der Waals surface area contributed by atoms with Crippen molar-refractivity contribution in [3.8, 4) is 0 Å². The molecule has 0 N–H and O–H groups in total. The number of ether oxygens (including phenoxy) is 3. The van der Waals surface area contributed by atoms with Crippen LogP contribution in [0.5, 0.6) is 0 Å². The van der Waals surface area contributed by atoms with Crippen LogP contribution >= 0.6 is 0 Å². The Hall–Kier alpha value is -2.01. The molecule has 1 aromatic rings. The van der Waals surface area contributed by atoms with E-state index in [1.165, 1.54) is 0 Å². The molecule has 0 aromatic heterocycles. The Labute approximate surface area is 193 Å². The molecule has 2 bridgehead atoms. The van der Waals surface area contributed by atoms with E-state index < -0.39 is 57.0 Å². The highest BCUT2D eigenvalue weighted by atomic mass is 32.2. The fourth-order valence-electron chi connectivity index (χ4n) is 5.80. The molecule has 9 nitrogen and oxygen atoms in total. The highest BCUT2D eigenvalue weighted by Crippen LogP contribution is 2.59. The lowest BCUT2D eigenvalue weighted by atomic mass is 9.84. The Morgan fingerprint density at radius 2 is 1.82 bits per heavy atom. The van der Waals surface area contributed by atoms with Gasteiger partial charge in [-0.05, 0) is 25.8 Å². The van der Waals surface area contributed by atoms with E-state index in [9.17, 15) is 18.0 Å². The number of carbonyl (C=O) groups is 2. The average Bonchev–Trinajstić information content (AvgIpc) is 3.37. The van der Waals surface area contributed by atoms with Gasteiger partial charge < -0.3 is 14.2 Å². The van der Waals surface area contributed by atoms with Crippen molar-refractivity contribution < 1.29 is 36.4 Å². The molecule has 10 heteroatoms. The van der Waals surface area contributed by atoms with Crippen LogP contribution in [0.15, 0.2) is 30.3 Å². The van der Waals surface area contributed by atoms with Gasteiger partial charge in [0.25, 0.3) is 10.1 Å². The van der Waals surface area contributed by atoms with Gasteiger partial charge in [0.2, 0.25) is 0 Å². The molecule has 4 aliphatic rings. The van der Waals surface area contributed by atoms with E-state index in [1.54, 1.807) is 13.8 Å². The number of fused-ring (bicyclic) bond motifs is 1. The highest BCUT2D eigenvalue weighted by Gasteiger charge is 2.72. The molecule has 4 fully saturated rings. The van der Waals surface area contributed by atoms with Crippen LogP contribution in [-0.4, -0.2) is 75.6 Å². The number of hydrogen-bond acceptors (Lipinski definition) is 9. The Morgan fingerprint density at radius 1 is 1.12 bits per heavy atom. The molecule has 0 amide bonds. The predicted octanol–water partition coefficient (Wildman–Crippen LogP) is 1.07.